The average molecular weight is 326 g/mol. The summed E-state index contributed by atoms with van der Waals surface area (Å²) in [6, 6.07) is 5.42. The van der Waals surface area contributed by atoms with E-state index in [2.05, 4.69) is 10.3 Å². The first-order valence-corrected chi connectivity index (χ1v) is 6.51. The van der Waals surface area contributed by atoms with Crippen molar-refractivity contribution in [2.24, 2.45) is 0 Å². The Labute approximate surface area is 129 Å². The van der Waals surface area contributed by atoms with Crippen LogP contribution in [0.5, 0.6) is 0 Å². The van der Waals surface area contributed by atoms with Gasteiger partial charge in [0, 0.05) is 17.3 Å². The monoisotopic (exact) mass is 325 g/mol. The van der Waals surface area contributed by atoms with Crippen LogP contribution < -0.4 is 5.32 Å². The molecule has 0 saturated carbocycles. The second kappa shape index (κ2) is 6.07. The van der Waals surface area contributed by atoms with Crippen molar-refractivity contribution in [1.29, 1.82) is 0 Å². The van der Waals surface area contributed by atoms with Gasteiger partial charge >= 0.3 is 0 Å². The summed E-state index contributed by atoms with van der Waals surface area (Å²) in [5.74, 6) is -0.660. The lowest BCUT2D eigenvalue weighted by Gasteiger charge is -2.08. The Morgan fingerprint density at radius 1 is 1.33 bits per heavy atom. The number of anilines is 1. The summed E-state index contributed by atoms with van der Waals surface area (Å²) in [5, 5.41) is 13.8. The van der Waals surface area contributed by atoms with Gasteiger partial charge in [0.05, 0.1) is 10.6 Å². The van der Waals surface area contributed by atoms with Crippen molar-refractivity contribution in [2.75, 3.05) is 5.32 Å². The van der Waals surface area contributed by atoms with Crippen LogP contribution in [0, 0.1) is 17.0 Å². The SMILES string of the molecule is Cc1cnc(Cl)c(NC(=O)c2ccc(Cl)cc2[N+](=O)[O-])c1. The summed E-state index contributed by atoms with van der Waals surface area (Å²) >= 11 is 11.6. The minimum absolute atomic E-state index is 0.102. The zero-order chi connectivity index (χ0) is 15.6. The quantitative estimate of drug-likeness (QED) is 0.527. The molecule has 0 aliphatic rings. The topological polar surface area (TPSA) is 85.1 Å². The van der Waals surface area contributed by atoms with Crippen molar-refractivity contribution in [3.8, 4) is 0 Å². The Bertz CT molecular complexity index is 735. The number of aryl methyl sites for hydroxylation is 1. The summed E-state index contributed by atoms with van der Waals surface area (Å²) in [6.45, 7) is 1.78. The maximum Gasteiger partial charge on any atom is 0.283 e. The number of hydrogen-bond acceptors (Lipinski definition) is 4. The van der Waals surface area contributed by atoms with E-state index in [0.29, 0.717) is 0 Å². The number of aromatic nitrogens is 1. The molecule has 0 fully saturated rings. The van der Waals surface area contributed by atoms with E-state index >= 15 is 0 Å². The van der Waals surface area contributed by atoms with Crippen molar-refractivity contribution in [3.63, 3.8) is 0 Å². The Morgan fingerprint density at radius 2 is 2.05 bits per heavy atom. The molecule has 0 spiro atoms. The van der Waals surface area contributed by atoms with Gasteiger partial charge in [0.1, 0.15) is 5.56 Å². The Balaban J connectivity index is 2.37. The van der Waals surface area contributed by atoms with Crippen LogP contribution in [0.4, 0.5) is 11.4 Å². The fourth-order valence-electron chi connectivity index (χ4n) is 1.68. The van der Waals surface area contributed by atoms with Crippen LogP contribution in [0.2, 0.25) is 10.2 Å². The number of carbonyl (C=O) groups is 1. The van der Waals surface area contributed by atoms with E-state index in [0.717, 1.165) is 11.6 Å². The van der Waals surface area contributed by atoms with Crippen LogP contribution >= 0.6 is 23.2 Å². The second-order valence-electron chi connectivity index (χ2n) is 4.22. The lowest BCUT2D eigenvalue weighted by molar-refractivity contribution is -0.385. The molecular weight excluding hydrogens is 317 g/mol. The van der Waals surface area contributed by atoms with Crippen LogP contribution in [0.1, 0.15) is 15.9 Å². The van der Waals surface area contributed by atoms with E-state index in [1.54, 1.807) is 19.2 Å². The summed E-state index contributed by atoms with van der Waals surface area (Å²) in [4.78, 5) is 26.4. The van der Waals surface area contributed by atoms with Crippen molar-refractivity contribution in [3.05, 3.63) is 61.9 Å². The molecule has 0 unspecified atom stereocenters. The molecule has 1 N–H and O–H groups in total. The first-order valence-electron chi connectivity index (χ1n) is 5.76. The van der Waals surface area contributed by atoms with E-state index in [1.807, 2.05) is 0 Å². The molecule has 0 radical (unpaired) electrons. The van der Waals surface area contributed by atoms with Gasteiger partial charge in [-0.25, -0.2) is 4.98 Å². The van der Waals surface area contributed by atoms with Gasteiger partial charge in [-0.2, -0.15) is 0 Å². The van der Waals surface area contributed by atoms with Crippen molar-refractivity contribution >= 4 is 40.5 Å². The third kappa shape index (κ3) is 3.48. The number of benzene rings is 1. The molecule has 0 saturated heterocycles. The second-order valence-corrected chi connectivity index (χ2v) is 5.02. The Hall–Kier alpha value is -2.18. The smallest absolute Gasteiger partial charge is 0.283 e. The van der Waals surface area contributed by atoms with Crippen LogP contribution in [-0.4, -0.2) is 15.8 Å². The third-order valence-corrected chi connectivity index (χ3v) is 3.16. The number of carbonyl (C=O) groups excluding carboxylic acids is 1. The number of hydrogen-bond donors (Lipinski definition) is 1. The van der Waals surface area contributed by atoms with E-state index in [9.17, 15) is 14.9 Å². The minimum atomic E-state index is -0.670. The van der Waals surface area contributed by atoms with Crippen LogP contribution in [-0.2, 0) is 0 Å². The van der Waals surface area contributed by atoms with Crippen LogP contribution in [0.15, 0.2) is 30.5 Å². The van der Waals surface area contributed by atoms with Gasteiger partial charge in [-0.3, -0.25) is 14.9 Å². The molecule has 1 aromatic carbocycles. The number of halogens is 2. The predicted molar refractivity (Wildman–Crippen MR) is 80.0 cm³/mol. The summed E-state index contributed by atoms with van der Waals surface area (Å²) < 4.78 is 0. The van der Waals surface area contributed by atoms with Crippen molar-refractivity contribution in [2.45, 2.75) is 6.92 Å². The van der Waals surface area contributed by atoms with E-state index in [1.165, 1.54) is 12.1 Å². The molecule has 1 amide bonds. The Kier molecular flexibility index (Phi) is 4.40. The third-order valence-electron chi connectivity index (χ3n) is 2.63. The highest BCUT2D eigenvalue weighted by Gasteiger charge is 2.21. The molecule has 0 aliphatic heterocycles. The van der Waals surface area contributed by atoms with E-state index in [4.69, 9.17) is 23.2 Å². The van der Waals surface area contributed by atoms with Gasteiger partial charge in [-0.1, -0.05) is 23.2 Å². The van der Waals surface area contributed by atoms with Gasteiger partial charge in [-0.05, 0) is 30.7 Å². The van der Waals surface area contributed by atoms with Crippen molar-refractivity contribution in [1.82, 2.24) is 4.98 Å². The van der Waals surface area contributed by atoms with E-state index < -0.39 is 10.8 Å². The first-order chi connectivity index (χ1) is 9.88. The van der Waals surface area contributed by atoms with Gasteiger partial charge in [0.15, 0.2) is 5.15 Å². The lowest BCUT2D eigenvalue weighted by Crippen LogP contribution is -2.14. The standard InChI is InChI=1S/C13H9Cl2N3O3/c1-7-4-10(12(15)16-6-7)17-13(19)9-3-2-8(14)5-11(9)18(20)21/h2-6H,1H3,(H,17,19). The average Bonchev–Trinajstić information content (AvgIpc) is 2.42. The number of rotatable bonds is 3. The molecule has 2 rings (SSSR count). The maximum atomic E-state index is 12.2. The molecule has 2 aromatic rings. The van der Waals surface area contributed by atoms with Crippen molar-refractivity contribution < 1.29 is 9.72 Å². The van der Waals surface area contributed by atoms with Gasteiger partial charge < -0.3 is 5.32 Å². The fraction of sp³-hybridized carbons (Fsp3) is 0.0769. The highest BCUT2D eigenvalue weighted by Crippen LogP contribution is 2.26. The molecule has 0 bridgehead atoms. The van der Waals surface area contributed by atoms with Crippen LogP contribution in [0.3, 0.4) is 0 Å². The van der Waals surface area contributed by atoms with Crippen LogP contribution in [0.25, 0.3) is 0 Å². The zero-order valence-corrected chi connectivity index (χ0v) is 12.3. The zero-order valence-electron chi connectivity index (χ0n) is 10.8. The molecule has 108 valence electrons. The Morgan fingerprint density at radius 3 is 2.71 bits per heavy atom. The highest BCUT2D eigenvalue weighted by molar-refractivity contribution is 6.33. The maximum absolute atomic E-state index is 12.2. The highest BCUT2D eigenvalue weighted by atomic mass is 35.5. The normalized spacial score (nSPS) is 10.2. The molecule has 0 atom stereocenters. The summed E-state index contributed by atoms with van der Waals surface area (Å²) in [7, 11) is 0. The number of nitrogens with zero attached hydrogens (tertiary/aromatic N) is 2. The van der Waals surface area contributed by atoms with Gasteiger partial charge in [0.25, 0.3) is 11.6 Å². The lowest BCUT2D eigenvalue weighted by atomic mass is 10.1. The first kappa shape index (κ1) is 15.2. The predicted octanol–water partition coefficient (Wildman–Crippen LogP) is 3.86. The molecule has 21 heavy (non-hydrogen) atoms. The fourth-order valence-corrected chi connectivity index (χ4v) is 1.99. The largest absolute Gasteiger partial charge is 0.319 e. The molecule has 8 heteroatoms. The number of nitro benzene ring substituents is 1. The number of pyridine rings is 1. The number of nitro groups is 1. The molecule has 1 heterocycles. The van der Waals surface area contributed by atoms with E-state index in [-0.39, 0.29) is 27.1 Å². The van der Waals surface area contributed by atoms with Gasteiger partial charge in [-0.15, -0.1) is 0 Å². The molecule has 0 aliphatic carbocycles. The minimum Gasteiger partial charge on any atom is -0.319 e. The number of amides is 1. The molecule has 6 nitrogen and oxygen atoms in total. The summed E-state index contributed by atoms with van der Waals surface area (Å²) in [5.41, 5.74) is 0.588. The molecule has 1 aromatic heterocycles. The number of nitrogens with one attached hydrogen (secondary N) is 1. The van der Waals surface area contributed by atoms with Gasteiger partial charge in [0.2, 0.25) is 0 Å². The summed E-state index contributed by atoms with van der Waals surface area (Å²) in [6.07, 6.45) is 1.54. The molecular formula is C13H9Cl2N3O3.